The Bertz CT molecular complexity index is 379. The van der Waals surface area contributed by atoms with Gasteiger partial charge in [-0.25, -0.2) is 9.59 Å². The highest BCUT2D eigenvalue weighted by molar-refractivity contribution is 5.82. The van der Waals surface area contributed by atoms with Crippen LogP contribution in [0.3, 0.4) is 0 Å². The third-order valence-corrected chi connectivity index (χ3v) is 2.28. The summed E-state index contributed by atoms with van der Waals surface area (Å²) in [6.07, 6.45) is 4.32. The summed E-state index contributed by atoms with van der Waals surface area (Å²) < 4.78 is 1.57. The van der Waals surface area contributed by atoms with Crippen molar-refractivity contribution in [3.8, 4) is 0 Å². The maximum absolute atomic E-state index is 11.4. The molecular formula is C10H17N5O3. The van der Waals surface area contributed by atoms with Gasteiger partial charge in [-0.15, -0.1) is 5.10 Å². The molecule has 3 N–H and O–H groups in total. The Balaban J connectivity index is 2.25. The highest BCUT2D eigenvalue weighted by Gasteiger charge is 2.18. The number of aliphatic carboxylic acids is 1. The zero-order chi connectivity index (χ0) is 13.4. The van der Waals surface area contributed by atoms with Crippen LogP contribution in [0, 0.1) is 0 Å². The minimum atomic E-state index is -1.02. The van der Waals surface area contributed by atoms with Gasteiger partial charge in [0.1, 0.15) is 6.04 Å². The zero-order valence-corrected chi connectivity index (χ0v) is 10.2. The van der Waals surface area contributed by atoms with E-state index in [4.69, 9.17) is 5.11 Å². The molecule has 1 aromatic rings. The Hall–Kier alpha value is -2.12. The molecule has 0 unspecified atom stereocenters. The lowest BCUT2D eigenvalue weighted by Gasteiger charge is -2.14. The van der Waals surface area contributed by atoms with Crippen molar-refractivity contribution in [1.29, 1.82) is 0 Å². The lowest BCUT2D eigenvalue weighted by atomic mass is 10.2. The first kappa shape index (κ1) is 13.9. The van der Waals surface area contributed by atoms with Crippen molar-refractivity contribution in [1.82, 2.24) is 25.6 Å². The van der Waals surface area contributed by atoms with Crippen molar-refractivity contribution in [2.45, 2.75) is 32.4 Å². The van der Waals surface area contributed by atoms with E-state index >= 15 is 0 Å². The molecule has 100 valence electrons. The van der Waals surface area contributed by atoms with E-state index in [-0.39, 0.29) is 0 Å². The molecule has 1 rings (SSSR count). The summed E-state index contributed by atoms with van der Waals surface area (Å²) in [4.78, 5) is 22.3. The molecule has 0 saturated heterocycles. The summed E-state index contributed by atoms with van der Waals surface area (Å²) in [5, 5.41) is 21.2. The van der Waals surface area contributed by atoms with Crippen molar-refractivity contribution in [2.24, 2.45) is 0 Å². The van der Waals surface area contributed by atoms with E-state index in [0.29, 0.717) is 25.9 Å². The van der Waals surface area contributed by atoms with E-state index in [0.717, 1.165) is 0 Å². The van der Waals surface area contributed by atoms with Gasteiger partial charge in [0.25, 0.3) is 0 Å². The van der Waals surface area contributed by atoms with Gasteiger partial charge in [-0.1, -0.05) is 18.6 Å². The van der Waals surface area contributed by atoms with Gasteiger partial charge < -0.3 is 15.7 Å². The monoisotopic (exact) mass is 255 g/mol. The van der Waals surface area contributed by atoms with Crippen LogP contribution in [0.25, 0.3) is 0 Å². The molecule has 1 atom stereocenters. The minimum absolute atomic E-state index is 0.355. The number of carboxylic acids is 1. The summed E-state index contributed by atoms with van der Waals surface area (Å²) in [5.41, 5.74) is 0. The molecule has 0 aromatic carbocycles. The van der Waals surface area contributed by atoms with Crippen LogP contribution in [0.15, 0.2) is 12.4 Å². The summed E-state index contributed by atoms with van der Waals surface area (Å²) in [5.74, 6) is -1.02. The van der Waals surface area contributed by atoms with Gasteiger partial charge in [0.2, 0.25) is 0 Å². The number of hydrogen-bond acceptors (Lipinski definition) is 4. The van der Waals surface area contributed by atoms with Crippen molar-refractivity contribution in [3.05, 3.63) is 12.4 Å². The van der Waals surface area contributed by atoms with Crippen LogP contribution in [0.5, 0.6) is 0 Å². The molecule has 1 heterocycles. The second-order valence-corrected chi connectivity index (χ2v) is 3.75. The van der Waals surface area contributed by atoms with Gasteiger partial charge in [-0.05, 0) is 6.42 Å². The molecule has 0 aliphatic rings. The largest absolute Gasteiger partial charge is 0.480 e. The number of nitrogens with zero attached hydrogens (tertiary/aromatic N) is 3. The second-order valence-electron chi connectivity index (χ2n) is 3.75. The normalized spacial score (nSPS) is 11.8. The van der Waals surface area contributed by atoms with Crippen LogP contribution in [0.4, 0.5) is 4.79 Å². The van der Waals surface area contributed by atoms with E-state index in [1.165, 1.54) is 0 Å². The van der Waals surface area contributed by atoms with Crippen LogP contribution in [0.2, 0.25) is 0 Å². The first-order valence-electron chi connectivity index (χ1n) is 5.74. The maximum atomic E-state index is 11.4. The number of carbonyl (C=O) groups excluding carboxylic acids is 1. The van der Waals surface area contributed by atoms with E-state index in [2.05, 4.69) is 20.9 Å². The van der Waals surface area contributed by atoms with Crippen LogP contribution in [-0.2, 0) is 11.3 Å². The zero-order valence-electron chi connectivity index (χ0n) is 10.2. The first-order valence-corrected chi connectivity index (χ1v) is 5.74. The Morgan fingerprint density at radius 2 is 2.28 bits per heavy atom. The van der Waals surface area contributed by atoms with Crippen LogP contribution in [-0.4, -0.2) is 44.7 Å². The van der Waals surface area contributed by atoms with E-state index in [1.807, 2.05) is 6.92 Å². The average molecular weight is 255 g/mol. The fraction of sp³-hybridized carbons (Fsp3) is 0.600. The number of hydrogen-bond donors (Lipinski definition) is 3. The van der Waals surface area contributed by atoms with Crippen molar-refractivity contribution in [3.63, 3.8) is 0 Å². The minimum Gasteiger partial charge on any atom is -0.480 e. The predicted molar refractivity (Wildman–Crippen MR) is 62.9 cm³/mol. The maximum Gasteiger partial charge on any atom is 0.326 e. The van der Waals surface area contributed by atoms with E-state index in [1.54, 1.807) is 17.1 Å². The SMILES string of the molecule is CCC[C@@H](NC(=O)NCCn1ccnn1)C(=O)O. The summed E-state index contributed by atoms with van der Waals surface area (Å²) >= 11 is 0. The van der Waals surface area contributed by atoms with Gasteiger partial charge in [-0.2, -0.15) is 0 Å². The highest BCUT2D eigenvalue weighted by Crippen LogP contribution is 1.96. The average Bonchev–Trinajstić information content (AvgIpc) is 2.81. The third kappa shape index (κ3) is 4.81. The predicted octanol–water partition coefficient (Wildman–Crippen LogP) is -0.169. The Kier molecular flexibility index (Phi) is 5.62. The van der Waals surface area contributed by atoms with Crippen molar-refractivity contribution >= 4 is 12.0 Å². The summed E-state index contributed by atoms with van der Waals surface area (Å²) in [6, 6.07) is -1.34. The lowest BCUT2D eigenvalue weighted by molar-refractivity contribution is -0.139. The van der Waals surface area contributed by atoms with Gasteiger partial charge in [0, 0.05) is 12.7 Å². The lowest BCUT2D eigenvalue weighted by Crippen LogP contribution is -2.46. The standard InChI is InChI=1S/C10H17N5O3/c1-2-3-8(9(16)17)13-10(18)11-4-6-15-7-5-12-14-15/h5,7-8H,2-4,6H2,1H3,(H,16,17)(H2,11,13,18)/t8-/m1/s1. The Morgan fingerprint density at radius 3 is 2.83 bits per heavy atom. The Labute approximate surface area is 104 Å². The molecule has 0 bridgehead atoms. The second kappa shape index (κ2) is 7.25. The van der Waals surface area contributed by atoms with Gasteiger partial charge in [-0.3, -0.25) is 4.68 Å². The number of carboxylic acid groups (broad SMARTS) is 1. The molecule has 8 heteroatoms. The van der Waals surface area contributed by atoms with Crippen molar-refractivity contribution < 1.29 is 14.7 Å². The quantitative estimate of drug-likeness (QED) is 0.626. The van der Waals surface area contributed by atoms with Gasteiger partial charge in [0.15, 0.2) is 0 Å². The summed E-state index contributed by atoms with van der Waals surface area (Å²) in [6.45, 7) is 2.70. The molecule has 0 aliphatic carbocycles. The van der Waals surface area contributed by atoms with Crippen LogP contribution in [0.1, 0.15) is 19.8 Å². The van der Waals surface area contributed by atoms with E-state index < -0.39 is 18.0 Å². The smallest absolute Gasteiger partial charge is 0.326 e. The molecule has 1 aromatic heterocycles. The van der Waals surface area contributed by atoms with Crippen molar-refractivity contribution in [2.75, 3.05) is 6.54 Å². The molecule has 8 nitrogen and oxygen atoms in total. The number of amides is 2. The first-order chi connectivity index (χ1) is 8.63. The molecule has 18 heavy (non-hydrogen) atoms. The number of urea groups is 1. The number of carbonyl (C=O) groups is 2. The topological polar surface area (TPSA) is 109 Å². The molecule has 0 fully saturated rings. The molecule has 0 spiro atoms. The molecule has 2 amide bonds. The molecule has 0 aliphatic heterocycles. The van der Waals surface area contributed by atoms with Crippen LogP contribution < -0.4 is 10.6 Å². The fourth-order valence-corrected chi connectivity index (χ4v) is 1.39. The van der Waals surface area contributed by atoms with Gasteiger partial charge in [0.05, 0.1) is 12.7 Å². The van der Waals surface area contributed by atoms with E-state index in [9.17, 15) is 9.59 Å². The third-order valence-electron chi connectivity index (χ3n) is 2.28. The molecule has 0 saturated carbocycles. The fourth-order valence-electron chi connectivity index (χ4n) is 1.39. The molecule has 0 radical (unpaired) electrons. The number of rotatable bonds is 7. The molecular weight excluding hydrogens is 238 g/mol. The highest BCUT2D eigenvalue weighted by atomic mass is 16.4. The number of nitrogens with one attached hydrogen (secondary N) is 2. The number of aromatic nitrogens is 3. The van der Waals surface area contributed by atoms with Gasteiger partial charge >= 0.3 is 12.0 Å². The summed E-state index contributed by atoms with van der Waals surface area (Å²) in [7, 11) is 0. The van der Waals surface area contributed by atoms with Crippen LogP contribution >= 0.6 is 0 Å². The Morgan fingerprint density at radius 1 is 1.50 bits per heavy atom.